The fourth-order valence-corrected chi connectivity index (χ4v) is 4.03. The van der Waals surface area contributed by atoms with E-state index < -0.39 is 17.6 Å². The van der Waals surface area contributed by atoms with Gasteiger partial charge in [0, 0.05) is 48.2 Å². The summed E-state index contributed by atoms with van der Waals surface area (Å²) in [6.07, 6.45) is -1.43. The Balaban J connectivity index is 1.50. The standard InChI is InChI=1S/C29H26F3N7O2/c1-19-2-5-22(14-21(19)6-3-20-4-9-26(35-16-20)38-28(34)36-18-33)27(40)37-24-8-7-23(25(15-24)29(30,31)32)17-39-10-12-41-13-11-39/h2,4-5,7-9,14-16H,10-13,17H2,1H3,(H,37,40)(H3,34,35,36,38). The zero-order chi connectivity index (χ0) is 29.4. The van der Waals surface area contributed by atoms with Gasteiger partial charge < -0.3 is 15.8 Å². The maximum absolute atomic E-state index is 13.9. The van der Waals surface area contributed by atoms with E-state index in [-0.39, 0.29) is 35.1 Å². The molecule has 4 N–H and O–H groups in total. The molecule has 0 atom stereocenters. The van der Waals surface area contributed by atoms with Gasteiger partial charge >= 0.3 is 6.18 Å². The van der Waals surface area contributed by atoms with Crippen LogP contribution in [0, 0.1) is 30.2 Å². The summed E-state index contributed by atoms with van der Waals surface area (Å²) in [5.74, 6) is 5.58. The number of aryl methyl sites for hydroxylation is 1. The number of pyridine rings is 1. The first-order valence-electron chi connectivity index (χ1n) is 12.5. The third kappa shape index (κ3) is 8.05. The van der Waals surface area contributed by atoms with Crippen molar-refractivity contribution in [3.05, 3.63) is 88.1 Å². The zero-order valence-corrected chi connectivity index (χ0v) is 22.0. The lowest BCUT2D eigenvalue weighted by atomic mass is 10.0. The number of nitrogens with zero attached hydrogens (tertiary/aromatic N) is 4. The molecule has 1 saturated heterocycles. The smallest absolute Gasteiger partial charge is 0.379 e. The Labute approximate surface area is 234 Å². The van der Waals surface area contributed by atoms with Crippen LogP contribution in [-0.4, -0.2) is 48.1 Å². The van der Waals surface area contributed by atoms with E-state index in [2.05, 4.69) is 32.5 Å². The van der Waals surface area contributed by atoms with Crippen molar-refractivity contribution >= 4 is 23.4 Å². The minimum absolute atomic E-state index is 0.0423. The lowest BCUT2D eigenvalue weighted by Gasteiger charge is -2.27. The lowest BCUT2D eigenvalue weighted by molar-refractivity contribution is -0.138. The highest BCUT2D eigenvalue weighted by Gasteiger charge is 2.34. The molecule has 1 fully saturated rings. The normalized spacial score (nSPS) is 14.0. The number of anilines is 1. The number of benzene rings is 2. The highest BCUT2D eigenvalue weighted by atomic mass is 19.4. The van der Waals surface area contributed by atoms with E-state index in [1.54, 1.807) is 36.5 Å². The van der Waals surface area contributed by atoms with Crippen LogP contribution in [0.3, 0.4) is 0 Å². The van der Waals surface area contributed by atoms with Crippen LogP contribution < -0.4 is 16.4 Å². The maximum atomic E-state index is 13.9. The number of hydrogen-bond acceptors (Lipinski definition) is 6. The topological polar surface area (TPSA) is 129 Å². The highest BCUT2D eigenvalue weighted by Crippen LogP contribution is 2.34. The molecule has 0 spiro atoms. The Bertz CT molecular complexity index is 1550. The van der Waals surface area contributed by atoms with Crippen LogP contribution in [0.1, 0.15) is 38.2 Å². The monoisotopic (exact) mass is 561 g/mol. The Kier molecular flexibility index (Phi) is 9.19. The Hall–Kier alpha value is -4.91. The summed E-state index contributed by atoms with van der Waals surface area (Å²) in [5.41, 5.74) is 7.11. The van der Waals surface area contributed by atoms with Gasteiger partial charge in [-0.1, -0.05) is 24.0 Å². The highest BCUT2D eigenvalue weighted by molar-refractivity contribution is 6.04. The van der Waals surface area contributed by atoms with E-state index in [4.69, 9.17) is 15.7 Å². The Morgan fingerprint density at radius 2 is 1.93 bits per heavy atom. The second-order valence-electron chi connectivity index (χ2n) is 9.13. The van der Waals surface area contributed by atoms with Gasteiger partial charge in [0.1, 0.15) is 0 Å². The summed E-state index contributed by atoms with van der Waals surface area (Å²) in [5, 5.41) is 13.3. The predicted molar refractivity (Wildman–Crippen MR) is 147 cm³/mol. The number of ether oxygens (including phenoxy) is 1. The number of alkyl halides is 3. The fourth-order valence-electron chi connectivity index (χ4n) is 4.03. The van der Waals surface area contributed by atoms with Gasteiger partial charge in [-0.15, -0.1) is 0 Å². The number of rotatable bonds is 5. The second-order valence-corrected chi connectivity index (χ2v) is 9.13. The van der Waals surface area contributed by atoms with Gasteiger partial charge in [0.25, 0.3) is 5.91 Å². The average Bonchev–Trinajstić information content (AvgIpc) is 2.94. The van der Waals surface area contributed by atoms with E-state index >= 15 is 0 Å². The fraction of sp³-hybridized carbons (Fsp3) is 0.241. The predicted octanol–water partition coefficient (Wildman–Crippen LogP) is 3.91. The molecule has 0 unspecified atom stereocenters. The minimum Gasteiger partial charge on any atom is -0.379 e. The summed E-state index contributed by atoms with van der Waals surface area (Å²) in [6.45, 7) is 4.05. The van der Waals surface area contributed by atoms with Gasteiger partial charge in [0.2, 0.25) is 5.96 Å². The average molecular weight is 562 g/mol. The molecule has 0 bridgehead atoms. The first-order valence-corrected chi connectivity index (χ1v) is 12.5. The molecule has 9 nitrogen and oxygen atoms in total. The molecule has 0 saturated carbocycles. The van der Waals surface area contributed by atoms with E-state index in [0.717, 1.165) is 11.6 Å². The van der Waals surface area contributed by atoms with Crippen LogP contribution in [0.4, 0.5) is 24.7 Å². The molecule has 1 aromatic heterocycles. The van der Waals surface area contributed by atoms with E-state index in [1.165, 1.54) is 18.3 Å². The lowest BCUT2D eigenvalue weighted by Crippen LogP contribution is -2.36. The van der Waals surface area contributed by atoms with Crippen LogP contribution >= 0.6 is 0 Å². The molecule has 12 heteroatoms. The van der Waals surface area contributed by atoms with Gasteiger partial charge in [-0.05, 0) is 54.4 Å². The number of morpholine rings is 1. The van der Waals surface area contributed by atoms with Gasteiger partial charge in [-0.2, -0.15) is 23.4 Å². The van der Waals surface area contributed by atoms with Gasteiger partial charge in [0.15, 0.2) is 12.0 Å². The van der Waals surface area contributed by atoms with Crippen LogP contribution in [0.15, 0.2) is 59.7 Å². The molecule has 41 heavy (non-hydrogen) atoms. The molecule has 0 aliphatic carbocycles. The Morgan fingerprint density at radius 3 is 2.61 bits per heavy atom. The summed E-state index contributed by atoms with van der Waals surface area (Å²) >= 11 is 0. The van der Waals surface area contributed by atoms with Crippen molar-refractivity contribution in [2.75, 3.05) is 31.6 Å². The largest absolute Gasteiger partial charge is 0.416 e. The van der Waals surface area contributed by atoms with E-state index in [9.17, 15) is 18.0 Å². The summed E-state index contributed by atoms with van der Waals surface area (Å²) in [7, 11) is 0. The number of carbonyl (C=O) groups is 1. The number of aliphatic imine (C=N–C) groups is 1. The number of guanidine groups is 1. The van der Waals surface area contributed by atoms with E-state index in [1.807, 2.05) is 11.8 Å². The summed E-state index contributed by atoms with van der Waals surface area (Å²) in [6, 6.07) is 12.0. The van der Waals surface area contributed by atoms with Crippen LogP contribution in [0.2, 0.25) is 0 Å². The van der Waals surface area contributed by atoms with Crippen molar-refractivity contribution in [3.63, 3.8) is 0 Å². The van der Waals surface area contributed by atoms with Gasteiger partial charge in [-0.3, -0.25) is 15.0 Å². The van der Waals surface area contributed by atoms with Crippen molar-refractivity contribution in [1.29, 1.82) is 5.26 Å². The molecule has 1 amide bonds. The third-order valence-electron chi connectivity index (χ3n) is 6.18. The first-order chi connectivity index (χ1) is 19.6. The van der Waals surface area contributed by atoms with Crippen molar-refractivity contribution in [2.24, 2.45) is 10.7 Å². The number of aromatic nitrogens is 1. The van der Waals surface area contributed by atoms with Gasteiger partial charge in [0.05, 0.1) is 18.8 Å². The molecular weight excluding hydrogens is 535 g/mol. The number of nitrogens with two attached hydrogens (primary N) is 1. The third-order valence-corrected chi connectivity index (χ3v) is 6.18. The Morgan fingerprint density at radius 1 is 1.15 bits per heavy atom. The number of nitriles is 1. The first kappa shape index (κ1) is 29.1. The molecule has 0 radical (unpaired) electrons. The van der Waals surface area contributed by atoms with Crippen LogP contribution in [0.25, 0.3) is 0 Å². The minimum atomic E-state index is -4.57. The van der Waals surface area contributed by atoms with Crippen LogP contribution in [0.5, 0.6) is 0 Å². The molecule has 2 heterocycles. The number of nitrogens with one attached hydrogen (secondary N) is 2. The van der Waals surface area contributed by atoms with Crippen molar-refractivity contribution in [3.8, 4) is 18.0 Å². The SMILES string of the molecule is Cc1ccc(C(=O)Nc2ccc(CN3CCOCC3)c(C(F)(F)F)c2)cc1C#Cc1ccc(N=C(N)NC#N)nc1. The zero-order valence-electron chi connectivity index (χ0n) is 22.0. The molecule has 4 rings (SSSR count). The number of carbonyl (C=O) groups excluding carboxylic acids is 1. The van der Waals surface area contributed by atoms with Crippen LogP contribution in [-0.2, 0) is 17.5 Å². The van der Waals surface area contributed by atoms with E-state index in [0.29, 0.717) is 37.4 Å². The molecule has 1 aliphatic rings. The molecular formula is C29H26F3N7O2. The molecule has 1 aliphatic heterocycles. The molecule has 210 valence electrons. The maximum Gasteiger partial charge on any atom is 0.416 e. The quantitative estimate of drug-likeness (QED) is 0.142. The van der Waals surface area contributed by atoms with Gasteiger partial charge in [-0.25, -0.2) is 4.98 Å². The summed E-state index contributed by atoms with van der Waals surface area (Å²) in [4.78, 5) is 22.9. The number of halogens is 3. The number of amides is 1. The van der Waals surface area contributed by atoms with Crippen molar-refractivity contribution in [1.82, 2.24) is 15.2 Å². The van der Waals surface area contributed by atoms with Crippen molar-refractivity contribution < 1.29 is 22.7 Å². The van der Waals surface area contributed by atoms with Crippen molar-refractivity contribution in [2.45, 2.75) is 19.6 Å². The molecule has 3 aromatic rings. The summed E-state index contributed by atoms with van der Waals surface area (Å²) < 4.78 is 46.9. The molecule has 2 aromatic carbocycles. The number of hydrogen-bond donors (Lipinski definition) is 3. The second kappa shape index (κ2) is 13.0.